The summed E-state index contributed by atoms with van der Waals surface area (Å²) >= 11 is 0. The highest BCUT2D eigenvalue weighted by Gasteiger charge is 2.19. The van der Waals surface area contributed by atoms with Gasteiger partial charge in [-0.1, -0.05) is 0 Å². The topological polar surface area (TPSA) is 95.9 Å². The normalized spacial score (nSPS) is 10.3. The molecule has 0 saturated heterocycles. The maximum Gasteiger partial charge on any atom is 0.360 e. The third-order valence-electron chi connectivity index (χ3n) is 2.54. The Morgan fingerprint density at radius 1 is 1.56 bits per heavy atom. The molecule has 0 fully saturated rings. The Kier molecular flexibility index (Phi) is 3.22. The van der Waals surface area contributed by atoms with Gasteiger partial charge in [0.25, 0.3) is 0 Å². The Morgan fingerprint density at radius 3 is 2.94 bits per heavy atom. The molecule has 0 aliphatic rings. The maximum atomic E-state index is 11.4. The molecule has 0 radical (unpaired) electrons. The van der Waals surface area contributed by atoms with E-state index in [1.54, 1.807) is 23.8 Å². The van der Waals surface area contributed by atoms with Gasteiger partial charge in [0.1, 0.15) is 18.0 Å². The van der Waals surface area contributed by atoms with Gasteiger partial charge in [0.2, 0.25) is 0 Å². The fourth-order valence-electron chi connectivity index (χ4n) is 1.60. The summed E-state index contributed by atoms with van der Waals surface area (Å²) < 4.78 is 6.32. The predicted molar refractivity (Wildman–Crippen MR) is 63.8 cm³/mol. The Morgan fingerprint density at radius 2 is 2.33 bits per heavy atom. The minimum Gasteiger partial charge on any atom is -0.464 e. The van der Waals surface area contributed by atoms with Crippen molar-refractivity contribution in [1.82, 2.24) is 19.5 Å². The summed E-state index contributed by atoms with van der Waals surface area (Å²) in [6, 6.07) is 1.77. The van der Waals surface area contributed by atoms with Crippen LogP contribution in [0.15, 0.2) is 18.6 Å². The number of rotatable bonds is 3. The van der Waals surface area contributed by atoms with Crippen LogP contribution in [0.2, 0.25) is 0 Å². The quantitative estimate of drug-likeness (QED) is 0.788. The van der Waals surface area contributed by atoms with Crippen LogP contribution in [-0.2, 0) is 11.3 Å². The largest absolute Gasteiger partial charge is 0.464 e. The van der Waals surface area contributed by atoms with Gasteiger partial charge < -0.3 is 15.0 Å². The molecule has 0 spiro atoms. The molecule has 7 heteroatoms. The molecule has 2 heterocycles. The zero-order valence-corrected chi connectivity index (χ0v) is 10.1. The highest BCUT2D eigenvalue weighted by atomic mass is 16.5. The van der Waals surface area contributed by atoms with Gasteiger partial charge in [-0.25, -0.2) is 19.7 Å². The fourth-order valence-corrected chi connectivity index (χ4v) is 1.60. The van der Waals surface area contributed by atoms with E-state index in [2.05, 4.69) is 19.7 Å². The van der Waals surface area contributed by atoms with E-state index in [0.717, 1.165) is 5.69 Å². The van der Waals surface area contributed by atoms with Crippen LogP contribution in [0, 0.1) is 6.92 Å². The number of nitrogen functional groups attached to an aromatic ring is 1. The van der Waals surface area contributed by atoms with Crippen LogP contribution in [0.5, 0.6) is 0 Å². The number of hydrogen-bond donors (Lipinski definition) is 1. The molecular weight excluding hydrogens is 234 g/mol. The van der Waals surface area contributed by atoms with Gasteiger partial charge in [-0.3, -0.25) is 0 Å². The first kappa shape index (κ1) is 12.0. The molecule has 0 atom stereocenters. The molecule has 2 N–H and O–H groups in total. The van der Waals surface area contributed by atoms with Crippen molar-refractivity contribution in [2.45, 2.75) is 13.5 Å². The van der Waals surface area contributed by atoms with Crippen LogP contribution in [0.4, 0.5) is 5.82 Å². The first-order valence-corrected chi connectivity index (χ1v) is 5.29. The number of imidazole rings is 1. The summed E-state index contributed by atoms with van der Waals surface area (Å²) in [7, 11) is 1.29. The number of carbonyl (C=O) groups excluding carboxylic acids is 1. The Bertz CT molecular complexity index is 564. The van der Waals surface area contributed by atoms with Gasteiger partial charge in [-0.15, -0.1) is 0 Å². The van der Waals surface area contributed by atoms with E-state index >= 15 is 0 Å². The van der Waals surface area contributed by atoms with E-state index in [9.17, 15) is 4.79 Å². The summed E-state index contributed by atoms with van der Waals surface area (Å²) in [5, 5.41) is 0. The number of methoxy groups -OCH3 is 1. The molecule has 0 bridgehead atoms. The van der Waals surface area contributed by atoms with Crippen molar-refractivity contribution in [3.8, 4) is 0 Å². The number of nitrogens with zero attached hydrogens (tertiary/aromatic N) is 4. The van der Waals surface area contributed by atoms with E-state index in [-0.39, 0.29) is 11.5 Å². The van der Waals surface area contributed by atoms with E-state index in [0.29, 0.717) is 12.4 Å². The number of anilines is 1. The maximum absolute atomic E-state index is 11.4. The first-order chi connectivity index (χ1) is 8.63. The molecule has 0 saturated carbocycles. The monoisotopic (exact) mass is 247 g/mol. The van der Waals surface area contributed by atoms with E-state index in [4.69, 9.17) is 5.73 Å². The third-order valence-corrected chi connectivity index (χ3v) is 2.54. The van der Waals surface area contributed by atoms with Crippen LogP contribution < -0.4 is 5.73 Å². The number of aryl methyl sites for hydroxylation is 1. The van der Waals surface area contributed by atoms with Crippen molar-refractivity contribution in [3.63, 3.8) is 0 Å². The highest BCUT2D eigenvalue weighted by molar-refractivity contribution is 5.92. The van der Waals surface area contributed by atoms with Crippen LogP contribution in [-0.4, -0.2) is 32.6 Å². The minimum atomic E-state index is -0.544. The number of carbonyl (C=O) groups is 1. The lowest BCUT2D eigenvalue weighted by Crippen LogP contribution is -2.10. The van der Waals surface area contributed by atoms with Crippen molar-refractivity contribution in [3.05, 3.63) is 35.8 Å². The molecular formula is C11H13N5O2. The first-order valence-electron chi connectivity index (χ1n) is 5.29. The van der Waals surface area contributed by atoms with Gasteiger partial charge in [0.15, 0.2) is 5.69 Å². The zero-order valence-electron chi connectivity index (χ0n) is 10.1. The second-order valence-electron chi connectivity index (χ2n) is 3.67. The highest BCUT2D eigenvalue weighted by Crippen LogP contribution is 2.16. The molecule has 2 aromatic heterocycles. The average molecular weight is 247 g/mol. The molecule has 2 aromatic rings. The van der Waals surface area contributed by atoms with E-state index in [1.165, 1.54) is 13.4 Å². The third kappa shape index (κ3) is 2.15. The Hall–Kier alpha value is -2.44. The number of aromatic nitrogens is 4. The van der Waals surface area contributed by atoms with Gasteiger partial charge in [0, 0.05) is 6.20 Å². The van der Waals surface area contributed by atoms with Crippen molar-refractivity contribution in [1.29, 1.82) is 0 Å². The average Bonchev–Trinajstić information content (AvgIpc) is 2.67. The summed E-state index contributed by atoms with van der Waals surface area (Å²) in [6.45, 7) is 2.20. The van der Waals surface area contributed by atoms with Crippen molar-refractivity contribution in [2.75, 3.05) is 12.8 Å². The van der Waals surface area contributed by atoms with Gasteiger partial charge in [-0.2, -0.15) is 0 Å². The van der Waals surface area contributed by atoms with Gasteiger partial charge in [-0.05, 0) is 13.0 Å². The zero-order chi connectivity index (χ0) is 13.1. The molecule has 2 rings (SSSR count). The van der Waals surface area contributed by atoms with Crippen LogP contribution in [0.25, 0.3) is 0 Å². The Balaban J connectivity index is 2.34. The lowest BCUT2D eigenvalue weighted by Gasteiger charge is -2.06. The second kappa shape index (κ2) is 4.82. The predicted octanol–water partition coefficient (Wildman–Crippen LogP) is 0.399. The Labute approximate surface area is 104 Å². The molecule has 0 aliphatic heterocycles. The van der Waals surface area contributed by atoms with Crippen LogP contribution in [0.1, 0.15) is 22.0 Å². The standard InChI is InChI=1S/C11H13N5O2/c1-7-15-9(11(17)18-2)10(12)16(7)5-8-3-4-13-6-14-8/h3-4,6H,5,12H2,1-2H3. The van der Waals surface area contributed by atoms with Crippen LogP contribution in [0.3, 0.4) is 0 Å². The number of esters is 1. The molecule has 0 amide bonds. The molecule has 7 nitrogen and oxygen atoms in total. The molecule has 0 unspecified atom stereocenters. The lowest BCUT2D eigenvalue weighted by atomic mass is 10.4. The summed E-state index contributed by atoms with van der Waals surface area (Å²) in [6.07, 6.45) is 3.10. The smallest absolute Gasteiger partial charge is 0.360 e. The summed E-state index contributed by atoms with van der Waals surface area (Å²) in [4.78, 5) is 23.5. The second-order valence-corrected chi connectivity index (χ2v) is 3.67. The lowest BCUT2D eigenvalue weighted by molar-refractivity contribution is 0.0595. The molecule has 0 aromatic carbocycles. The fraction of sp³-hybridized carbons (Fsp3) is 0.273. The molecule has 94 valence electrons. The van der Waals surface area contributed by atoms with Crippen molar-refractivity contribution < 1.29 is 9.53 Å². The van der Waals surface area contributed by atoms with Crippen molar-refractivity contribution >= 4 is 11.8 Å². The number of nitrogens with two attached hydrogens (primary N) is 1. The SMILES string of the molecule is COC(=O)c1nc(C)n(Cc2ccncn2)c1N. The van der Waals surface area contributed by atoms with Gasteiger partial charge >= 0.3 is 5.97 Å². The van der Waals surface area contributed by atoms with Crippen molar-refractivity contribution in [2.24, 2.45) is 0 Å². The molecule has 18 heavy (non-hydrogen) atoms. The summed E-state index contributed by atoms with van der Waals surface area (Å²) in [5.74, 6) is 0.363. The van der Waals surface area contributed by atoms with Crippen LogP contribution >= 0.6 is 0 Å². The number of ether oxygens (including phenoxy) is 1. The van der Waals surface area contributed by atoms with Gasteiger partial charge in [0.05, 0.1) is 19.3 Å². The number of hydrogen-bond acceptors (Lipinski definition) is 6. The molecule has 0 aliphatic carbocycles. The minimum absolute atomic E-state index is 0.129. The van der Waals surface area contributed by atoms with E-state index < -0.39 is 5.97 Å². The van der Waals surface area contributed by atoms with E-state index in [1.807, 2.05) is 0 Å². The summed E-state index contributed by atoms with van der Waals surface area (Å²) in [5.41, 5.74) is 6.80.